The SMILES string of the molecule is CCN(CCCO)Cc1nc2ccsc2c(=O)[nH]1. The molecule has 0 bridgehead atoms. The van der Waals surface area contributed by atoms with Crippen molar-refractivity contribution in [2.24, 2.45) is 0 Å². The highest BCUT2D eigenvalue weighted by atomic mass is 32.1. The number of nitrogens with one attached hydrogen (secondary N) is 1. The molecule has 98 valence electrons. The van der Waals surface area contributed by atoms with Crippen LogP contribution in [0, 0.1) is 0 Å². The van der Waals surface area contributed by atoms with Crippen LogP contribution in [0.4, 0.5) is 0 Å². The van der Waals surface area contributed by atoms with E-state index in [1.165, 1.54) is 11.3 Å². The number of hydrogen-bond donors (Lipinski definition) is 2. The smallest absolute Gasteiger partial charge is 0.268 e. The molecule has 0 atom stereocenters. The predicted octanol–water partition coefficient (Wildman–Crippen LogP) is 1.19. The third-order valence-electron chi connectivity index (χ3n) is 2.82. The van der Waals surface area contributed by atoms with Gasteiger partial charge < -0.3 is 10.1 Å². The molecule has 5 nitrogen and oxygen atoms in total. The first kappa shape index (κ1) is 13.2. The van der Waals surface area contributed by atoms with Gasteiger partial charge in [0, 0.05) is 13.2 Å². The third kappa shape index (κ3) is 2.95. The number of thiophene rings is 1. The summed E-state index contributed by atoms with van der Waals surface area (Å²) in [5, 5.41) is 10.7. The Morgan fingerprint density at radius 2 is 2.39 bits per heavy atom. The highest BCUT2D eigenvalue weighted by molar-refractivity contribution is 7.17. The minimum absolute atomic E-state index is 0.0665. The molecule has 2 rings (SSSR count). The average Bonchev–Trinajstić information content (AvgIpc) is 2.83. The maximum atomic E-state index is 11.8. The number of hydrogen-bond acceptors (Lipinski definition) is 5. The van der Waals surface area contributed by atoms with Crippen molar-refractivity contribution in [3.63, 3.8) is 0 Å². The molecule has 0 unspecified atom stereocenters. The summed E-state index contributed by atoms with van der Waals surface area (Å²) in [7, 11) is 0. The molecule has 6 heteroatoms. The summed E-state index contributed by atoms with van der Waals surface area (Å²) in [6, 6.07) is 1.86. The minimum atomic E-state index is -0.0665. The van der Waals surface area contributed by atoms with Gasteiger partial charge in [-0.15, -0.1) is 11.3 Å². The van der Waals surface area contributed by atoms with Crippen LogP contribution in [0.1, 0.15) is 19.2 Å². The van der Waals surface area contributed by atoms with E-state index in [0.717, 1.165) is 25.0 Å². The monoisotopic (exact) mass is 267 g/mol. The molecule has 0 spiro atoms. The van der Waals surface area contributed by atoms with Crippen LogP contribution in [0.25, 0.3) is 10.2 Å². The van der Waals surface area contributed by atoms with E-state index in [1.54, 1.807) is 0 Å². The highest BCUT2D eigenvalue weighted by Crippen LogP contribution is 2.14. The lowest BCUT2D eigenvalue weighted by Gasteiger charge is -2.18. The summed E-state index contributed by atoms with van der Waals surface area (Å²) >= 11 is 1.41. The van der Waals surface area contributed by atoms with Gasteiger partial charge in [0.05, 0.1) is 12.1 Å². The molecule has 0 aliphatic carbocycles. The lowest BCUT2D eigenvalue weighted by Crippen LogP contribution is -2.27. The second-order valence-corrected chi connectivity index (χ2v) is 5.01. The minimum Gasteiger partial charge on any atom is -0.396 e. The largest absolute Gasteiger partial charge is 0.396 e. The Morgan fingerprint density at radius 1 is 1.56 bits per heavy atom. The molecule has 18 heavy (non-hydrogen) atoms. The van der Waals surface area contributed by atoms with Crippen LogP contribution in [0.2, 0.25) is 0 Å². The van der Waals surface area contributed by atoms with E-state index in [9.17, 15) is 4.79 Å². The summed E-state index contributed by atoms with van der Waals surface area (Å²) in [5.74, 6) is 0.686. The summed E-state index contributed by atoms with van der Waals surface area (Å²) in [4.78, 5) is 21.2. The quantitative estimate of drug-likeness (QED) is 0.825. The van der Waals surface area contributed by atoms with Gasteiger partial charge in [0.2, 0.25) is 0 Å². The fourth-order valence-corrected chi connectivity index (χ4v) is 2.58. The predicted molar refractivity (Wildman–Crippen MR) is 72.9 cm³/mol. The number of H-pyrrole nitrogens is 1. The molecule has 0 saturated heterocycles. The summed E-state index contributed by atoms with van der Waals surface area (Å²) < 4.78 is 0.678. The zero-order chi connectivity index (χ0) is 13.0. The first-order valence-corrected chi connectivity index (χ1v) is 6.92. The molecule has 0 amide bonds. The highest BCUT2D eigenvalue weighted by Gasteiger charge is 2.08. The van der Waals surface area contributed by atoms with Gasteiger partial charge in [0.25, 0.3) is 5.56 Å². The molecule has 0 aliphatic rings. The van der Waals surface area contributed by atoms with E-state index in [-0.39, 0.29) is 12.2 Å². The van der Waals surface area contributed by atoms with Gasteiger partial charge in [-0.3, -0.25) is 9.69 Å². The summed E-state index contributed by atoms with van der Waals surface area (Å²) in [6.45, 7) is 4.52. The molecule has 2 heterocycles. The van der Waals surface area contributed by atoms with Crippen molar-refractivity contribution in [3.8, 4) is 0 Å². The van der Waals surface area contributed by atoms with Gasteiger partial charge >= 0.3 is 0 Å². The zero-order valence-electron chi connectivity index (χ0n) is 10.3. The Morgan fingerprint density at radius 3 is 3.11 bits per heavy atom. The average molecular weight is 267 g/mol. The number of nitrogens with zero attached hydrogens (tertiary/aromatic N) is 2. The van der Waals surface area contributed by atoms with E-state index < -0.39 is 0 Å². The maximum absolute atomic E-state index is 11.8. The zero-order valence-corrected chi connectivity index (χ0v) is 11.2. The van der Waals surface area contributed by atoms with Crippen LogP contribution in [0.15, 0.2) is 16.2 Å². The van der Waals surface area contributed by atoms with Crippen LogP contribution in [0.3, 0.4) is 0 Å². The van der Waals surface area contributed by atoms with Crippen LogP contribution in [-0.4, -0.2) is 39.7 Å². The first-order chi connectivity index (χ1) is 8.74. The van der Waals surface area contributed by atoms with Gasteiger partial charge in [0.1, 0.15) is 10.5 Å². The van der Waals surface area contributed by atoms with Crippen LogP contribution < -0.4 is 5.56 Å². The van der Waals surface area contributed by atoms with Crippen molar-refractivity contribution in [1.82, 2.24) is 14.9 Å². The number of aromatic nitrogens is 2. The van der Waals surface area contributed by atoms with Crippen LogP contribution >= 0.6 is 11.3 Å². The molecule has 2 N–H and O–H groups in total. The van der Waals surface area contributed by atoms with E-state index in [2.05, 4.69) is 21.8 Å². The van der Waals surface area contributed by atoms with Crippen molar-refractivity contribution in [3.05, 3.63) is 27.6 Å². The topological polar surface area (TPSA) is 69.2 Å². The van der Waals surface area contributed by atoms with Gasteiger partial charge in [0.15, 0.2) is 0 Å². The third-order valence-corrected chi connectivity index (χ3v) is 3.72. The Hall–Kier alpha value is -1.24. The van der Waals surface area contributed by atoms with Crippen LogP contribution in [0.5, 0.6) is 0 Å². The summed E-state index contributed by atoms with van der Waals surface area (Å²) in [5.41, 5.74) is 0.695. The number of rotatable bonds is 6. The van der Waals surface area contributed by atoms with Gasteiger partial charge in [-0.25, -0.2) is 4.98 Å². The van der Waals surface area contributed by atoms with Crippen molar-refractivity contribution in [2.45, 2.75) is 19.9 Å². The fraction of sp³-hybridized carbons (Fsp3) is 0.500. The van der Waals surface area contributed by atoms with Gasteiger partial charge in [-0.2, -0.15) is 0 Å². The normalized spacial score (nSPS) is 11.5. The number of aliphatic hydroxyl groups is 1. The number of aromatic amines is 1. The van der Waals surface area contributed by atoms with Crippen LogP contribution in [-0.2, 0) is 6.54 Å². The Kier molecular flexibility index (Phi) is 4.46. The van der Waals surface area contributed by atoms with Crippen molar-refractivity contribution in [2.75, 3.05) is 19.7 Å². The lowest BCUT2D eigenvalue weighted by molar-refractivity contribution is 0.222. The molecule has 0 fully saturated rings. The second kappa shape index (κ2) is 6.08. The van der Waals surface area contributed by atoms with Crippen molar-refractivity contribution in [1.29, 1.82) is 0 Å². The molecular weight excluding hydrogens is 250 g/mol. The maximum Gasteiger partial charge on any atom is 0.268 e. The Balaban J connectivity index is 2.17. The van der Waals surface area contributed by atoms with Gasteiger partial charge in [-0.05, 0) is 24.4 Å². The number of fused-ring (bicyclic) bond motifs is 1. The van der Waals surface area contributed by atoms with Gasteiger partial charge in [-0.1, -0.05) is 6.92 Å². The van der Waals surface area contributed by atoms with E-state index in [1.807, 2.05) is 11.4 Å². The molecule has 0 radical (unpaired) electrons. The molecular formula is C12H17N3O2S. The molecule has 0 aromatic carbocycles. The lowest BCUT2D eigenvalue weighted by atomic mass is 10.3. The van der Waals surface area contributed by atoms with E-state index in [4.69, 9.17) is 5.11 Å². The molecule has 2 aromatic heterocycles. The Labute approximate surface area is 109 Å². The fourth-order valence-electron chi connectivity index (χ4n) is 1.85. The summed E-state index contributed by atoms with van der Waals surface area (Å²) in [6.07, 6.45) is 0.735. The first-order valence-electron chi connectivity index (χ1n) is 6.04. The van der Waals surface area contributed by atoms with Crippen molar-refractivity contribution >= 4 is 21.6 Å². The molecule has 0 saturated carbocycles. The second-order valence-electron chi connectivity index (χ2n) is 4.09. The number of aliphatic hydroxyl groups excluding tert-OH is 1. The van der Waals surface area contributed by atoms with E-state index >= 15 is 0 Å². The molecule has 0 aliphatic heterocycles. The van der Waals surface area contributed by atoms with Crippen molar-refractivity contribution < 1.29 is 5.11 Å². The Bertz CT molecular complexity index is 564. The standard InChI is InChI=1S/C12H17N3O2S/c1-2-15(5-3-6-16)8-10-13-9-4-7-18-11(9)12(17)14-10/h4,7,16H,2-3,5-6,8H2,1H3,(H,13,14,17). The molecule has 2 aromatic rings. The van der Waals surface area contributed by atoms with E-state index in [0.29, 0.717) is 17.1 Å².